The highest BCUT2D eigenvalue weighted by molar-refractivity contribution is 5.84. The van der Waals surface area contributed by atoms with Gasteiger partial charge in [-0.2, -0.15) is 0 Å². The SMILES string of the molecule is COc1cccc([C@@H](C[NH2+]C[C@H](O)CO[C@@H]2CCCc3ccccc32)c2c[nH]c3ccccc23)c1OC. The first-order valence-electron chi connectivity index (χ1n) is 13.2. The summed E-state index contributed by atoms with van der Waals surface area (Å²) < 4.78 is 17.6. The first kappa shape index (κ1) is 25.3. The third kappa shape index (κ3) is 5.52. The van der Waals surface area contributed by atoms with E-state index >= 15 is 0 Å². The zero-order chi connectivity index (χ0) is 25.6. The van der Waals surface area contributed by atoms with Crippen LogP contribution in [0.3, 0.4) is 0 Å². The monoisotopic (exact) mass is 501 g/mol. The topological polar surface area (TPSA) is 80.3 Å². The zero-order valence-electron chi connectivity index (χ0n) is 21.7. The number of nitrogens with two attached hydrogens (primary N) is 1. The van der Waals surface area contributed by atoms with Crippen molar-refractivity contribution in [3.63, 3.8) is 0 Å². The van der Waals surface area contributed by atoms with E-state index in [-0.39, 0.29) is 12.0 Å². The fourth-order valence-electron chi connectivity index (χ4n) is 5.62. The molecule has 5 rings (SSSR count). The molecule has 0 saturated heterocycles. The molecule has 6 nitrogen and oxygen atoms in total. The van der Waals surface area contributed by atoms with Crippen LogP contribution in [-0.2, 0) is 11.2 Å². The van der Waals surface area contributed by atoms with E-state index in [1.165, 1.54) is 22.1 Å². The Bertz CT molecular complexity index is 1320. The summed E-state index contributed by atoms with van der Waals surface area (Å²) >= 11 is 0. The summed E-state index contributed by atoms with van der Waals surface area (Å²) in [6, 6.07) is 22.9. The van der Waals surface area contributed by atoms with Crippen molar-refractivity contribution in [2.45, 2.75) is 37.4 Å². The number of hydrogen-bond donors (Lipinski definition) is 3. The van der Waals surface area contributed by atoms with Crippen molar-refractivity contribution in [3.8, 4) is 11.5 Å². The molecule has 3 aromatic carbocycles. The Morgan fingerprint density at radius 2 is 1.78 bits per heavy atom. The van der Waals surface area contributed by atoms with Gasteiger partial charge in [-0.15, -0.1) is 0 Å². The van der Waals surface area contributed by atoms with E-state index in [2.05, 4.69) is 65.0 Å². The summed E-state index contributed by atoms with van der Waals surface area (Å²) in [6.07, 6.45) is 4.84. The van der Waals surface area contributed by atoms with E-state index in [9.17, 15) is 5.11 Å². The molecule has 4 aromatic rings. The molecule has 0 spiro atoms. The molecule has 0 radical (unpaired) electrons. The summed E-state index contributed by atoms with van der Waals surface area (Å²) in [5, 5.41) is 14.1. The van der Waals surface area contributed by atoms with Crippen LogP contribution in [0.15, 0.2) is 72.9 Å². The van der Waals surface area contributed by atoms with Crippen molar-refractivity contribution < 1.29 is 24.6 Å². The minimum Gasteiger partial charge on any atom is -0.493 e. The number of rotatable bonds is 11. The summed E-state index contributed by atoms with van der Waals surface area (Å²) in [4.78, 5) is 3.41. The summed E-state index contributed by atoms with van der Waals surface area (Å²) in [5.41, 5.74) is 6.00. The highest BCUT2D eigenvalue weighted by Crippen LogP contribution is 2.39. The van der Waals surface area contributed by atoms with E-state index in [1.807, 2.05) is 18.2 Å². The number of quaternary nitrogens is 1. The lowest BCUT2D eigenvalue weighted by atomic mass is 9.89. The molecule has 1 heterocycles. The third-order valence-corrected chi connectivity index (χ3v) is 7.45. The largest absolute Gasteiger partial charge is 0.493 e. The van der Waals surface area contributed by atoms with Crippen LogP contribution in [0.1, 0.15) is 47.1 Å². The number of H-pyrrole nitrogens is 1. The first-order valence-corrected chi connectivity index (χ1v) is 13.2. The minimum atomic E-state index is -0.551. The molecule has 1 aliphatic rings. The summed E-state index contributed by atoms with van der Waals surface area (Å²) in [7, 11) is 3.34. The normalized spacial score (nSPS) is 16.8. The Hall–Kier alpha value is -3.32. The van der Waals surface area contributed by atoms with Gasteiger partial charge in [0.05, 0.1) is 39.4 Å². The maximum atomic E-state index is 10.8. The van der Waals surface area contributed by atoms with Crippen molar-refractivity contribution >= 4 is 10.9 Å². The number of hydrogen-bond acceptors (Lipinski definition) is 4. The van der Waals surface area contributed by atoms with Gasteiger partial charge in [0, 0.05) is 22.7 Å². The van der Waals surface area contributed by atoms with Gasteiger partial charge < -0.3 is 29.6 Å². The smallest absolute Gasteiger partial charge is 0.164 e. The molecule has 1 aliphatic carbocycles. The lowest BCUT2D eigenvalue weighted by Crippen LogP contribution is -2.87. The maximum absolute atomic E-state index is 10.8. The van der Waals surface area contributed by atoms with Crippen LogP contribution in [0, 0.1) is 0 Å². The molecule has 0 fully saturated rings. The van der Waals surface area contributed by atoms with Gasteiger partial charge in [-0.25, -0.2) is 0 Å². The molecule has 0 amide bonds. The number of aromatic nitrogens is 1. The van der Waals surface area contributed by atoms with Crippen LogP contribution in [0.5, 0.6) is 11.5 Å². The Balaban J connectivity index is 1.29. The molecule has 0 unspecified atom stereocenters. The van der Waals surface area contributed by atoms with E-state index < -0.39 is 6.10 Å². The van der Waals surface area contributed by atoms with Gasteiger partial charge >= 0.3 is 0 Å². The fourth-order valence-corrected chi connectivity index (χ4v) is 5.62. The number of aryl methyl sites for hydroxylation is 1. The Morgan fingerprint density at radius 3 is 2.65 bits per heavy atom. The van der Waals surface area contributed by atoms with Crippen LogP contribution in [0.2, 0.25) is 0 Å². The van der Waals surface area contributed by atoms with Crippen LogP contribution in [0.25, 0.3) is 10.9 Å². The van der Waals surface area contributed by atoms with Gasteiger partial charge in [0.25, 0.3) is 0 Å². The summed E-state index contributed by atoms with van der Waals surface area (Å²) in [6.45, 7) is 1.63. The Morgan fingerprint density at radius 1 is 0.946 bits per heavy atom. The van der Waals surface area contributed by atoms with Crippen molar-refractivity contribution in [1.82, 2.24) is 4.98 Å². The quantitative estimate of drug-likeness (QED) is 0.286. The molecule has 0 bridgehead atoms. The van der Waals surface area contributed by atoms with E-state index in [0.29, 0.717) is 18.9 Å². The molecular formula is C31H37N2O4+. The zero-order valence-corrected chi connectivity index (χ0v) is 21.7. The predicted octanol–water partition coefficient (Wildman–Crippen LogP) is 4.34. The average molecular weight is 502 g/mol. The predicted molar refractivity (Wildman–Crippen MR) is 145 cm³/mol. The molecule has 0 saturated carbocycles. The number of benzene rings is 3. The number of aliphatic hydroxyl groups is 1. The Kier molecular flexibility index (Phi) is 8.09. The number of aliphatic hydroxyl groups excluding tert-OH is 1. The lowest BCUT2D eigenvalue weighted by Gasteiger charge is -2.26. The maximum Gasteiger partial charge on any atom is 0.164 e. The number of para-hydroxylation sites is 2. The number of fused-ring (bicyclic) bond motifs is 2. The standard InChI is InChI=1S/C31H36N2O4/c1-35-30-16-8-13-25(31(30)36-2)26(27-19-33-28-14-6-5-12-24(27)28)18-32-17-22(34)20-37-29-15-7-10-21-9-3-4-11-23(21)29/h3-6,8-9,11-14,16,19,22,26,29,32-34H,7,10,15,17-18,20H2,1-2H3/p+1/t22-,26+,29+/m0/s1. The summed E-state index contributed by atoms with van der Waals surface area (Å²) in [5.74, 6) is 1.50. The minimum absolute atomic E-state index is 0.0412. The number of nitrogens with one attached hydrogen (secondary N) is 1. The lowest BCUT2D eigenvalue weighted by molar-refractivity contribution is -0.662. The van der Waals surface area contributed by atoms with Crippen molar-refractivity contribution in [3.05, 3.63) is 95.2 Å². The number of aromatic amines is 1. The second-order valence-electron chi connectivity index (χ2n) is 9.75. The van der Waals surface area contributed by atoms with E-state index in [4.69, 9.17) is 14.2 Å². The van der Waals surface area contributed by atoms with Gasteiger partial charge in [0.2, 0.25) is 0 Å². The molecule has 1 aromatic heterocycles. The Labute approximate surface area is 218 Å². The molecule has 37 heavy (non-hydrogen) atoms. The van der Waals surface area contributed by atoms with Gasteiger partial charge in [0.15, 0.2) is 11.5 Å². The van der Waals surface area contributed by atoms with Gasteiger partial charge in [-0.05, 0) is 48.1 Å². The molecular weight excluding hydrogens is 464 g/mol. The van der Waals surface area contributed by atoms with Crippen LogP contribution < -0.4 is 14.8 Å². The molecule has 0 aliphatic heterocycles. The number of methoxy groups -OCH3 is 2. The van der Waals surface area contributed by atoms with Crippen molar-refractivity contribution in [2.75, 3.05) is 33.9 Å². The first-order chi connectivity index (χ1) is 18.2. The van der Waals surface area contributed by atoms with Crippen LogP contribution in [-0.4, -0.2) is 50.1 Å². The highest BCUT2D eigenvalue weighted by atomic mass is 16.5. The second kappa shape index (κ2) is 11.8. The number of ether oxygens (including phenoxy) is 3. The van der Waals surface area contributed by atoms with Crippen LogP contribution in [0.4, 0.5) is 0 Å². The molecule has 4 N–H and O–H groups in total. The molecule has 6 heteroatoms. The second-order valence-corrected chi connectivity index (χ2v) is 9.75. The van der Waals surface area contributed by atoms with Crippen LogP contribution >= 0.6 is 0 Å². The van der Waals surface area contributed by atoms with Gasteiger partial charge in [-0.3, -0.25) is 0 Å². The van der Waals surface area contributed by atoms with Crippen molar-refractivity contribution in [1.29, 1.82) is 0 Å². The van der Waals surface area contributed by atoms with Gasteiger partial charge in [-0.1, -0.05) is 54.6 Å². The average Bonchev–Trinajstić information content (AvgIpc) is 3.37. The molecule has 3 atom stereocenters. The van der Waals surface area contributed by atoms with Gasteiger partial charge in [0.1, 0.15) is 12.6 Å². The molecule has 194 valence electrons. The fraction of sp³-hybridized carbons (Fsp3) is 0.355. The third-order valence-electron chi connectivity index (χ3n) is 7.45. The highest BCUT2D eigenvalue weighted by Gasteiger charge is 2.26. The van der Waals surface area contributed by atoms with E-state index in [0.717, 1.165) is 42.6 Å². The van der Waals surface area contributed by atoms with Crippen molar-refractivity contribution in [2.24, 2.45) is 0 Å². The van der Waals surface area contributed by atoms with E-state index in [1.54, 1.807) is 14.2 Å².